The van der Waals surface area contributed by atoms with E-state index in [1.54, 1.807) is 13.8 Å². The summed E-state index contributed by atoms with van der Waals surface area (Å²) in [5.41, 5.74) is 0. The van der Waals surface area contributed by atoms with Crippen molar-refractivity contribution in [2.45, 2.75) is 32.2 Å². The van der Waals surface area contributed by atoms with E-state index in [4.69, 9.17) is 9.84 Å². The number of hydrogen-bond donors (Lipinski definition) is 3. The molecule has 2 unspecified atom stereocenters. The minimum atomic E-state index is -1.30. The number of carbonyl (C=O) groups is 1. The largest absolute Gasteiger partial charge is 0.499 e. The standard InChI is InChI=1S/C9H14O6/c1-4(2)14-8-6(12)9(13)15-7(8)5(11)3-10/h4-5,7,10-12H,3H2,1-2H3. The van der Waals surface area contributed by atoms with E-state index in [2.05, 4.69) is 4.74 Å². The van der Waals surface area contributed by atoms with E-state index in [0.29, 0.717) is 0 Å². The van der Waals surface area contributed by atoms with Crippen LogP contribution in [0.2, 0.25) is 0 Å². The molecule has 0 saturated heterocycles. The third-order valence-electron chi connectivity index (χ3n) is 1.82. The third kappa shape index (κ3) is 2.40. The zero-order valence-electron chi connectivity index (χ0n) is 8.51. The molecule has 3 N–H and O–H groups in total. The van der Waals surface area contributed by atoms with Crippen molar-refractivity contribution in [1.82, 2.24) is 0 Å². The number of aliphatic hydroxyl groups is 3. The Kier molecular flexibility index (Phi) is 3.54. The van der Waals surface area contributed by atoms with Crippen molar-refractivity contribution in [1.29, 1.82) is 0 Å². The molecule has 1 aliphatic heterocycles. The number of carbonyl (C=O) groups excluding carboxylic acids is 1. The highest BCUT2D eigenvalue weighted by atomic mass is 16.6. The minimum Gasteiger partial charge on any atom is -0.499 e. The Bertz CT molecular complexity index is 282. The topological polar surface area (TPSA) is 96.2 Å². The van der Waals surface area contributed by atoms with Crippen LogP contribution in [-0.4, -0.2) is 46.2 Å². The first-order valence-corrected chi connectivity index (χ1v) is 4.57. The molecule has 1 heterocycles. The molecule has 6 nitrogen and oxygen atoms in total. The molecule has 0 amide bonds. The Morgan fingerprint density at radius 1 is 1.53 bits per heavy atom. The predicted octanol–water partition coefficient (Wildman–Crippen LogP) is -0.540. The van der Waals surface area contributed by atoms with Crippen molar-refractivity contribution in [2.24, 2.45) is 0 Å². The third-order valence-corrected chi connectivity index (χ3v) is 1.82. The lowest BCUT2D eigenvalue weighted by Gasteiger charge is -2.19. The molecule has 1 rings (SSSR count). The molecule has 1 aliphatic rings. The molecule has 0 aliphatic carbocycles. The number of aliphatic hydroxyl groups excluding tert-OH is 3. The van der Waals surface area contributed by atoms with E-state index in [1.165, 1.54) is 0 Å². The average Bonchev–Trinajstić information content (AvgIpc) is 2.44. The molecule has 0 aromatic rings. The van der Waals surface area contributed by atoms with Crippen LogP contribution in [0.4, 0.5) is 0 Å². The number of cyclic esters (lactones) is 1. The van der Waals surface area contributed by atoms with Crippen LogP contribution in [0.3, 0.4) is 0 Å². The molecule has 0 fully saturated rings. The van der Waals surface area contributed by atoms with E-state index in [-0.39, 0.29) is 11.9 Å². The second-order valence-electron chi connectivity index (χ2n) is 3.46. The van der Waals surface area contributed by atoms with Gasteiger partial charge in [-0.25, -0.2) is 4.79 Å². The summed E-state index contributed by atoms with van der Waals surface area (Å²) in [7, 11) is 0. The Balaban J connectivity index is 2.87. The minimum absolute atomic E-state index is 0.128. The van der Waals surface area contributed by atoms with Gasteiger partial charge in [0.2, 0.25) is 5.76 Å². The highest BCUT2D eigenvalue weighted by Crippen LogP contribution is 2.25. The zero-order chi connectivity index (χ0) is 11.6. The quantitative estimate of drug-likeness (QED) is 0.548. The molecule has 2 atom stereocenters. The Morgan fingerprint density at radius 2 is 2.13 bits per heavy atom. The molecular weight excluding hydrogens is 204 g/mol. The zero-order valence-corrected chi connectivity index (χ0v) is 8.51. The van der Waals surface area contributed by atoms with Crippen LogP contribution >= 0.6 is 0 Å². The molecule has 86 valence electrons. The van der Waals surface area contributed by atoms with Gasteiger partial charge in [0.15, 0.2) is 11.9 Å². The van der Waals surface area contributed by atoms with Crippen LogP contribution in [-0.2, 0) is 14.3 Å². The van der Waals surface area contributed by atoms with Crippen molar-refractivity contribution in [3.63, 3.8) is 0 Å². The SMILES string of the molecule is CC(C)OC1=C(O)C(=O)OC1C(O)CO. The lowest BCUT2D eigenvalue weighted by Crippen LogP contribution is -2.33. The van der Waals surface area contributed by atoms with Crippen molar-refractivity contribution in [3.05, 3.63) is 11.5 Å². The van der Waals surface area contributed by atoms with Crippen molar-refractivity contribution in [2.75, 3.05) is 6.61 Å². The van der Waals surface area contributed by atoms with Gasteiger partial charge in [-0.2, -0.15) is 0 Å². The van der Waals surface area contributed by atoms with E-state index in [1.807, 2.05) is 0 Å². The summed E-state index contributed by atoms with van der Waals surface area (Å²) in [5.74, 6) is -1.74. The normalized spacial score (nSPS) is 23.3. The van der Waals surface area contributed by atoms with Crippen LogP contribution in [0, 0.1) is 0 Å². The first kappa shape index (κ1) is 11.8. The highest BCUT2D eigenvalue weighted by molar-refractivity contribution is 5.89. The summed E-state index contributed by atoms with van der Waals surface area (Å²) in [4.78, 5) is 11.0. The van der Waals surface area contributed by atoms with E-state index in [9.17, 15) is 15.0 Å². The molecule has 0 aromatic heterocycles. The lowest BCUT2D eigenvalue weighted by atomic mass is 10.2. The summed E-state index contributed by atoms with van der Waals surface area (Å²) in [6.07, 6.45) is -2.71. The van der Waals surface area contributed by atoms with E-state index >= 15 is 0 Å². The van der Waals surface area contributed by atoms with Gasteiger partial charge < -0.3 is 24.8 Å². The van der Waals surface area contributed by atoms with Gasteiger partial charge in [0.25, 0.3) is 0 Å². The maximum Gasteiger partial charge on any atom is 0.378 e. The summed E-state index contributed by atoms with van der Waals surface area (Å²) in [6, 6.07) is 0. The second-order valence-corrected chi connectivity index (χ2v) is 3.46. The van der Waals surface area contributed by atoms with Gasteiger partial charge >= 0.3 is 5.97 Å². The number of hydrogen-bond acceptors (Lipinski definition) is 6. The monoisotopic (exact) mass is 218 g/mol. The summed E-state index contributed by atoms with van der Waals surface area (Å²) < 4.78 is 9.78. The lowest BCUT2D eigenvalue weighted by molar-refractivity contribution is -0.148. The average molecular weight is 218 g/mol. The molecule has 6 heteroatoms. The Hall–Kier alpha value is -1.27. The molecule has 15 heavy (non-hydrogen) atoms. The molecule has 0 bridgehead atoms. The number of rotatable bonds is 4. The molecule has 0 saturated carbocycles. The fourth-order valence-corrected chi connectivity index (χ4v) is 1.19. The van der Waals surface area contributed by atoms with E-state index < -0.39 is 30.5 Å². The smallest absolute Gasteiger partial charge is 0.378 e. The summed E-state index contributed by atoms with van der Waals surface area (Å²) >= 11 is 0. The summed E-state index contributed by atoms with van der Waals surface area (Å²) in [5, 5.41) is 27.4. The van der Waals surface area contributed by atoms with Gasteiger partial charge in [-0.3, -0.25) is 0 Å². The predicted molar refractivity (Wildman–Crippen MR) is 48.8 cm³/mol. The van der Waals surface area contributed by atoms with Gasteiger partial charge in [0.1, 0.15) is 6.10 Å². The second kappa shape index (κ2) is 4.50. The van der Waals surface area contributed by atoms with E-state index in [0.717, 1.165) is 0 Å². The maximum absolute atomic E-state index is 11.0. The number of ether oxygens (including phenoxy) is 2. The molecule has 0 radical (unpaired) electrons. The van der Waals surface area contributed by atoms with Gasteiger partial charge in [0, 0.05) is 0 Å². The van der Waals surface area contributed by atoms with Crippen LogP contribution in [0.25, 0.3) is 0 Å². The van der Waals surface area contributed by atoms with Crippen LogP contribution in [0.5, 0.6) is 0 Å². The fraction of sp³-hybridized carbons (Fsp3) is 0.667. The van der Waals surface area contributed by atoms with Crippen molar-refractivity contribution >= 4 is 5.97 Å². The highest BCUT2D eigenvalue weighted by Gasteiger charge is 2.40. The van der Waals surface area contributed by atoms with Crippen LogP contribution in [0.15, 0.2) is 11.5 Å². The van der Waals surface area contributed by atoms with Crippen molar-refractivity contribution in [3.8, 4) is 0 Å². The first-order valence-electron chi connectivity index (χ1n) is 4.57. The van der Waals surface area contributed by atoms with Gasteiger partial charge in [-0.05, 0) is 13.8 Å². The molecule has 0 aromatic carbocycles. The number of esters is 1. The molecular formula is C9H14O6. The van der Waals surface area contributed by atoms with Crippen molar-refractivity contribution < 1.29 is 29.6 Å². The summed E-state index contributed by atoms with van der Waals surface area (Å²) in [6.45, 7) is 2.81. The fourth-order valence-electron chi connectivity index (χ4n) is 1.19. The maximum atomic E-state index is 11.0. The van der Waals surface area contributed by atoms with Gasteiger partial charge in [-0.15, -0.1) is 0 Å². The Morgan fingerprint density at radius 3 is 2.60 bits per heavy atom. The van der Waals surface area contributed by atoms with Gasteiger partial charge in [0.05, 0.1) is 12.7 Å². The van der Waals surface area contributed by atoms with Crippen LogP contribution < -0.4 is 0 Å². The van der Waals surface area contributed by atoms with Crippen LogP contribution in [0.1, 0.15) is 13.8 Å². The van der Waals surface area contributed by atoms with Gasteiger partial charge in [-0.1, -0.05) is 0 Å². The molecule has 0 spiro atoms. The first-order chi connectivity index (χ1) is 6.97. The Labute approximate surface area is 86.7 Å².